The Hall–Kier alpha value is -0.510. The zero-order chi connectivity index (χ0) is 10.1. The number of alkyl halides is 2. The van der Waals surface area contributed by atoms with Gasteiger partial charge in [-0.1, -0.05) is 0 Å². The monoisotopic (exact) mass is 191 g/mol. The lowest BCUT2D eigenvalue weighted by Gasteiger charge is -2.17. The number of likely N-dealkylation sites (tertiary alicyclic amines) is 1. The molecule has 1 atom stereocenters. The number of hydrogen-bond acceptors (Lipinski definition) is 2. The predicted octanol–water partition coefficient (Wildman–Crippen LogP) is 1.55. The van der Waals surface area contributed by atoms with Gasteiger partial charge in [0.25, 0.3) is 0 Å². The van der Waals surface area contributed by atoms with Gasteiger partial charge in [-0.15, -0.1) is 0 Å². The number of nitrogens with zero attached hydrogens (tertiary/aromatic N) is 1. The fourth-order valence-corrected chi connectivity index (χ4v) is 1.70. The number of hydrogen-bond donors (Lipinski definition) is 0. The Morgan fingerprint density at radius 3 is 2.62 bits per heavy atom. The van der Waals surface area contributed by atoms with Crippen LogP contribution in [-0.4, -0.2) is 36.7 Å². The Morgan fingerprint density at radius 1 is 1.62 bits per heavy atom. The summed E-state index contributed by atoms with van der Waals surface area (Å²) in [4.78, 5) is 12.6. The largest absolute Gasteiger partial charge is 0.306 e. The number of ketones is 1. The van der Waals surface area contributed by atoms with Crippen molar-refractivity contribution in [1.29, 1.82) is 0 Å². The maximum absolute atomic E-state index is 13.0. The minimum absolute atomic E-state index is 0.0242. The molecule has 0 radical (unpaired) electrons. The highest BCUT2D eigenvalue weighted by atomic mass is 19.3. The van der Waals surface area contributed by atoms with E-state index in [9.17, 15) is 13.6 Å². The van der Waals surface area contributed by atoms with Crippen LogP contribution in [0.3, 0.4) is 0 Å². The third-order valence-corrected chi connectivity index (χ3v) is 2.55. The standard InChI is InChI=1S/C9H15F2NO/c1-7(13)9(10,11)5-8-3-4-12(2)6-8/h8H,3-6H2,1-2H3. The molecule has 2 nitrogen and oxygen atoms in total. The Bertz CT molecular complexity index is 206. The van der Waals surface area contributed by atoms with Gasteiger partial charge in [0, 0.05) is 19.9 Å². The fraction of sp³-hybridized carbons (Fsp3) is 0.889. The van der Waals surface area contributed by atoms with Crippen molar-refractivity contribution in [3.63, 3.8) is 0 Å². The Kier molecular flexibility index (Phi) is 3.01. The number of rotatable bonds is 3. The van der Waals surface area contributed by atoms with Crippen molar-refractivity contribution in [2.24, 2.45) is 5.92 Å². The summed E-state index contributed by atoms with van der Waals surface area (Å²) in [6.07, 6.45) is 0.492. The first kappa shape index (κ1) is 10.6. The maximum atomic E-state index is 13.0. The summed E-state index contributed by atoms with van der Waals surface area (Å²) in [6, 6.07) is 0. The number of halogens is 2. The molecule has 0 bridgehead atoms. The van der Waals surface area contributed by atoms with E-state index in [2.05, 4.69) is 0 Å². The zero-order valence-electron chi connectivity index (χ0n) is 8.02. The molecule has 76 valence electrons. The van der Waals surface area contributed by atoms with E-state index in [-0.39, 0.29) is 12.3 Å². The highest BCUT2D eigenvalue weighted by molar-refractivity contribution is 5.82. The molecule has 1 unspecified atom stereocenters. The average molecular weight is 191 g/mol. The topological polar surface area (TPSA) is 20.3 Å². The van der Waals surface area contributed by atoms with E-state index in [1.807, 2.05) is 11.9 Å². The molecule has 0 aromatic carbocycles. The molecule has 0 aromatic heterocycles. The van der Waals surface area contributed by atoms with E-state index in [1.165, 1.54) is 0 Å². The molecule has 0 spiro atoms. The number of carbonyl (C=O) groups is 1. The van der Waals surface area contributed by atoms with Crippen LogP contribution in [0.15, 0.2) is 0 Å². The molecule has 1 rings (SSSR count). The van der Waals surface area contributed by atoms with Crippen molar-refractivity contribution in [1.82, 2.24) is 4.90 Å². The fourth-order valence-electron chi connectivity index (χ4n) is 1.70. The van der Waals surface area contributed by atoms with E-state index >= 15 is 0 Å². The summed E-state index contributed by atoms with van der Waals surface area (Å²) in [5, 5.41) is 0. The van der Waals surface area contributed by atoms with Crippen LogP contribution < -0.4 is 0 Å². The van der Waals surface area contributed by atoms with Crippen LogP contribution in [-0.2, 0) is 4.79 Å². The molecular formula is C9H15F2NO. The van der Waals surface area contributed by atoms with Crippen LogP contribution in [0.25, 0.3) is 0 Å². The van der Waals surface area contributed by atoms with Gasteiger partial charge in [0.05, 0.1) is 0 Å². The normalized spacial score (nSPS) is 25.1. The minimum Gasteiger partial charge on any atom is -0.306 e. The molecule has 0 saturated carbocycles. The number of carbonyl (C=O) groups excluding carboxylic acids is 1. The molecule has 0 N–H and O–H groups in total. The van der Waals surface area contributed by atoms with Crippen LogP contribution in [0.1, 0.15) is 19.8 Å². The van der Waals surface area contributed by atoms with E-state index in [1.54, 1.807) is 0 Å². The molecule has 13 heavy (non-hydrogen) atoms. The van der Waals surface area contributed by atoms with Crippen LogP contribution in [0.4, 0.5) is 8.78 Å². The summed E-state index contributed by atoms with van der Waals surface area (Å²) in [6.45, 7) is 2.50. The molecule has 1 aliphatic rings. The van der Waals surface area contributed by atoms with Gasteiger partial charge in [0.15, 0.2) is 5.78 Å². The summed E-state index contributed by atoms with van der Waals surface area (Å²) in [7, 11) is 1.91. The maximum Gasteiger partial charge on any atom is 0.305 e. The molecule has 0 aliphatic carbocycles. The van der Waals surface area contributed by atoms with Crippen molar-refractivity contribution in [2.75, 3.05) is 20.1 Å². The second-order valence-corrected chi connectivity index (χ2v) is 3.88. The SMILES string of the molecule is CC(=O)C(F)(F)CC1CCN(C)C1. The predicted molar refractivity (Wildman–Crippen MR) is 45.8 cm³/mol. The van der Waals surface area contributed by atoms with Crippen molar-refractivity contribution < 1.29 is 13.6 Å². The van der Waals surface area contributed by atoms with Gasteiger partial charge in [-0.05, 0) is 25.9 Å². The molecule has 4 heteroatoms. The first-order valence-corrected chi connectivity index (χ1v) is 4.49. The first-order valence-electron chi connectivity index (χ1n) is 4.49. The highest BCUT2D eigenvalue weighted by Gasteiger charge is 2.39. The van der Waals surface area contributed by atoms with Gasteiger partial charge < -0.3 is 4.90 Å². The third kappa shape index (κ3) is 2.72. The van der Waals surface area contributed by atoms with Gasteiger partial charge in [0.1, 0.15) is 0 Å². The van der Waals surface area contributed by atoms with Crippen LogP contribution >= 0.6 is 0 Å². The molecule has 0 amide bonds. The molecular weight excluding hydrogens is 176 g/mol. The van der Waals surface area contributed by atoms with E-state index in [0.717, 1.165) is 19.9 Å². The zero-order valence-corrected chi connectivity index (χ0v) is 8.02. The molecule has 1 fully saturated rings. The molecule has 1 heterocycles. The summed E-state index contributed by atoms with van der Waals surface area (Å²) in [5.74, 6) is -4.15. The summed E-state index contributed by atoms with van der Waals surface area (Å²) in [5.41, 5.74) is 0. The number of Topliss-reactive ketones (excluding diaryl/α,β-unsaturated/α-hetero) is 1. The van der Waals surface area contributed by atoms with E-state index in [0.29, 0.717) is 6.54 Å². The van der Waals surface area contributed by atoms with Crippen LogP contribution in [0.2, 0.25) is 0 Å². The first-order chi connectivity index (χ1) is 5.92. The summed E-state index contributed by atoms with van der Waals surface area (Å²) >= 11 is 0. The van der Waals surface area contributed by atoms with Gasteiger partial charge in [0.2, 0.25) is 0 Å². The Morgan fingerprint density at radius 2 is 2.23 bits per heavy atom. The van der Waals surface area contributed by atoms with Gasteiger partial charge in [-0.3, -0.25) is 4.79 Å². The minimum atomic E-state index is -3.12. The van der Waals surface area contributed by atoms with Gasteiger partial charge in [-0.25, -0.2) is 0 Å². The second-order valence-electron chi connectivity index (χ2n) is 3.88. The highest BCUT2D eigenvalue weighted by Crippen LogP contribution is 2.29. The van der Waals surface area contributed by atoms with E-state index < -0.39 is 11.7 Å². The van der Waals surface area contributed by atoms with Crippen molar-refractivity contribution in [3.05, 3.63) is 0 Å². The average Bonchev–Trinajstić information content (AvgIpc) is 2.34. The summed E-state index contributed by atoms with van der Waals surface area (Å²) < 4.78 is 25.9. The van der Waals surface area contributed by atoms with Crippen molar-refractivity contribution in [3.8, 4) is 0 Å². The Balaban J connectivity index is 2.44. The molecule has 0 aromatic rings. The lowest BCUT2D eigenvalue weighted by molar-refractivity contribution is -0.142. The van der Waals surface area contributed by atoms with Gasteiger partial charge >= 0.3 is 5.92 Å². The lowest BCUT2D eigenvalue weighted by atomic mass is 9.98. The third-order valence-electron chi connectivity index (χ3n) is 2.55. The smallest absolute Gasteiger partial charge is 0.305 e. The molecule has 1 saturated heterocycles. The van der Waals surface area contributed by atoms with E-state index in [4.69, 9.17) is 0 Å². The second kappa shape index (κ2) is 3.70. The van der Waals surface area contributed by atoms with Crippen molar-refractivity contribution >= 4 is 5.78 Å². The van der Waals surface area contributed by atoms with Gasteiger partial charge in [-0.2, -0.15) is 8.78 Å². The lowest BCUT2D eigenvalue weighted by Crippen LogP contribution is -2.29. The van der Waals surface area contributed by atoms with Crippen LogP contribution in [0, 0.1) is 5.92 Å². The Labute approximate surface area is 76.9 Å². The van der Waals surface area contributed by atoms with Crippen LogP contribution in [0.5, 0.6) is 0 Å². The molecule has 1 aliphatic heterocycles. The van der Waals surface area contributed by atoms with Crippen molar-refractivity contribution in [2.45, 2.75) is 25.7 Å². The quantitative estimate of drug-likeness (QED) is 0.674.